The minimum atomic E-state index is 0.0672. The Balaban J connectivity index is 1.30. The number of aromatic nitrogens is 3. The average molecular weight is 412 g/mol. The summed E-state index contributed by atoms with van der Waals surface area (Å²) >= 11 is 0. The topological polar surface area (TPSA) is 72.3 Å². The number of amides is 1. The first-order valence-electron chi connectivity index (χ1n) is 11.4. The molecule has 3 heterocycles. The number of carbonyl (C=O) groups excluding carboxylic acids is 1. The van der Waals surface area contributed by atoms with E-state index in [-0.39, 0.29) is 5.91 Å². The lowest BCUT2D eigenvalue weighted by molar-refractivity contribution is -0.122. The van der Waals surface area contributed by atoms with Gasteiger partial charge in [0.2, 0.25) is 5.91 Å². The summed E-state index contributed by atoms with van der Waals surface area (Å²) < 4.78 is 7.89. The minimum absolute atomic E-state index is 0.0672. The number of likely N-dealkylation sites (tertiary alicyclic amines) is 1. The van der Waals surface area contributed by atoms with Crippen LogP contribution in [0.25, 0.3) is 0 Å². The first-order chi connectivity index (χ1) is 14.7. The van der Waals surface area contributed by atoms with E-state index >= 15 is 0 Å². The number of rotatable bonds is 7. The van der Waals surface area contributed by atoms with E-state index in [4.69, 9.17) is 4.74 Å². The van der Waals surface area contributed by atoms with E-state index in [2.05, 4.69) is 25.0 Å². The molecule has 2 aromatic rings. The molecule has 7 nitrogen and oxygen atoms in total. The van der Waals surface area contributed by atoms with Gasteiger partial charge in [-0.15, -0.1) is 10.2 Å². The van der Waals surface area contributed by atoms with E-state index in [1.165, 1.54) is 19.3 Å². The largest absolute Gasteiger partial charge is 0.494 e. The Morgan fingerprint density at radius 3 is 3.03 bits per heavy atom. The summed E-state index contributed by atoms with van der Waals surface area (Å²) in [5, 5.41) is 12.1. The number of piperidine rings is 1. The molecule has 1 saturated heterocycles. The number of nitrogens with one attached hydrogen (secondary N) is 1. The van der Waals surface area contributed by atoms with Crippen LogP contribution in [0.3, 0.4) is 0 Å². The maximum Gasteiger partial charge on any atom is 0.234 e. The molecule has 1 unspecified atom stereocenters. The zero-order valence-corrected chi connectivity index (χ0v) is 18.0. The van der Waals surface area contributed by atoms with Crippen molar-refractivity contribution in [2.75, 3.05) is 26.2 Å². The quantitative estimate of drug-likeness (QED) is 0.758. The predicted molar refractivity (Wildman–Crippen MR) is 115 cm³/mol. The average Bonchev–Trinajstić information content (AvgIpc) is 3.01. The van der Waals surface area contributed by atoms with Crippen molar-refractivity contribution in [1.82, 2.24) is 25.0 Å². The fourth-order valence-corrected chi connectivity index (χ4v) is 4.59. The normalized spacial score (nSPS) is 19.7. The highest BCUT2D eigenvalue weighted by Crippen LogP contribution is 2.27. The third-order valence-corrected chi connectivity index (χ3v) is 6.08. The van der Waals surface area contributed by atoms with Crippen LogP contribution < -0.4 is 10.1 Å². The van der Waals surface area contributed by atoms with Gasteiger partial charge in [-0.05, 0) is 56.8 Å². The van der Waals surface area contributed by atoms with Crippen molar-refractivity contribution >= 4 is 5.91 Å². The van der Waals surface area contributed by atoms with E-state index in [1.807, 2.05) is 31.2 Å². The highest BCUT2D eigenvalue weighted by atomic mass is 16.5. The van der Waals surface area contributed by atoms with Gasteiger partial charge in [0.05, 0.1) is 13.2 Å². The van der Waals surface area contributed by atoms with Crippen LogP contribution in [0.2, 0.25) is 0 Å². The molecule has 0 saturated carbocycles. The van der Waals surface area contributed by atoms with Crippen molar-refractivity contribution in [3.8, 4) is 5.75 Å². The molecule has 1 N–H and O–H groups in total. The number of hydrogen-bond donors (Lipinski definition) is 1. The lowest BCUT2D eigenvalue weighted by atomic mass is 9.97. The molecule has 1 amide bonds. The van der Waals surface area contributed by atoms with Crippen molar-refractivity contribution in [3.63, 3.8) is 0 Å². The van der Waals surface area contributed by atoms with Crippen LogP contribution in [-0.2, 0) is 24.3 Å². The minimum Gasteiger partial charge on any atom is -0.494 e. The van der Waals surface area contributed by atoms with Crippen LogP contribution in [0, 0.1) is 0 Å². The van der Waals surface area contributed by atoms with Gasteiger partial charge < -0.3 is 14.6 Å². The van der Waals surface area contributed by atoms with Gasteiger partial charge in [0.25, 0.3) is 0 Å². The molecule has 0 aliphatic carbocycles. The maximum atomic E-state index is 12.5. The summed E-state index contributed by atoms with van der Waals surface area (Å²) in [5.41, 5.74) is 1.05. The first kappa shape index (κ1) is 20.8. The second-order valence-electron chi connectivity index (χ2n) is 8.37. The summed E-state index contributed by atoms with van der Waals surface area (Å²) in [4.78, 5) is 14.8. The Morgan fingerprint density at radius 2 is 2.13 bits per heavy atom. The molecule has 4 rings (SSSR count). The first-order valence-corrected chi connectivity index (χ1v) is 11.4. The zero-order chi connectivity index (χ0) is 20.8. The molecule has 1 atom stereocenters. The van der Waals surface area contributed by atoms with Gasteiger partial charge >= 0.3 is 0 Å². The molecule has 0 radical (unpaired) electrons. The third-order valence-electron chi connectivity index (χ3n) is 6.08. The van der Waals surface area contributed by atoms with Gasteiger partial charge in [-0.3, -0.25) is 9.69 Å². The Labute approximate surface area is 178 Å². The van der Waals surface area contributed by atoms with E-state index in [9.17, 15) is 4.79 Å². The van der Waals surface area contributed by atoms with Gasteiger partial charge in [-0.1, -0.05) is 18.6 Å². The van der Waals surface area contributed by atoms with Gasteiger partial charge in [-0.2, -0.15) is 0 Å². The van der Waals surface area contributed by atoms with E-state index in [1.54, 1.807) is 0 Å². The number of nitrogens with zero attached hydrogens (tertiary/aromatic N) is 4. The smallest absolute Gasteiger partial charge is 0.234 e. The lowest BCUT2D eigenvalue weighted by Crippen LogP contribution is -2.42. The van der Waals surface area contributed by atoms with Crippen LogP contribution in [0.15, 0.2) is 24.3 Å². The van der Waals surface area contributed by atoms with Crippen molar-refractivity contribution in [2.45, 2.75) is 64.5 Å². The fourth-order valence-electron chi connectivity index (χ4n) is 4.59. The maximum absolute atomic E-state index is 12.5. The fraction of sp³-hybridized carbons (Fsp3) is 0.609. The molecule has 1 aromatic heterocycles. The Morgan fingerprint density at radius 1 is 1.20 bits per heavy atom. The lowest BCUT2D eigenvalue weighted by Gasteiger charge is -2.31. The summed E-state index contributed by atoms with van der Waals surface area (Å²) in [6, 6.07) is 7.89. The zero-order valence-electron chi connectivity index (χ0n) is 18.0. The van der Waals surface area contributed by atoms with Crippen molar-refractivity contribution < 1.29 is 9.53 Å². The van der Waals surface area contributed by atoms with Crippen LogP contribution in [0.1, 0.15) is 62.2 Å². The molecule has 2 aliphatic rings. The van der Waals surface area contributed by atoms with E-state index in [0.717, 1.165) is 61.9 Å². The molecule has 0 bridgehead atoms. The van der Waals surface area contributed by atoms with Crippen molar-refractivity contribution in [2.24, 2.45) is 0 Å². The summed E-state index contributed by atoms with van der Waals surface area (Å²) in [6.07, 6.45) is 6.95. The predicted octanol–water partition coefficient (Wildman–Crippen LogP) is 2.90. The molecule has 30 heavy (non-hydrogen) atoms. The molecule has 0 spiro atoms. The second-order valence-corrected chi connectivity index (χ2v) is 8.37. The number of ether oxygens (including phenoxy) is 1. The van der Waals surface area contributed by atoms with Crippen LogP contribution >= 0.6 is 0 Å². The number of hydrogen-bond acceptors (Lipinski definition) is 5. The van der Waals surface area contributed by atoms with Crippen molar-refractivity contribution in [3.05, 3.63) is 41.5 Å². The van der Waals surface area contributed by atoms with Gasteiger partial charge in [-0.25, -0.2) is 0 Å². The number of benzene rings is 1. The monoisotopic (exact) mass is 411 g/mol. The second kappa shape index (κ2) is 10.1. The van der Waals surface area contributed by atoms with E-state index in [0.29, 0.717) is 25.6 Å². The van der Waals surface area contributed by atoms with Crippen LogP contribution in [0.4, 0.5) is 0 Å². The summed E-state index contributed by atoms with van der Waals surface area (Å²) in [6.45, 7) is 6.45. The van der Waals surface area contributed by atoms with Crippen molar-refractivity contribution in [1.29, 1.82) is 0 Å². The number of carbonyl (C=O) groups is 1. The highest BCUT2D eigenvalue weighted by molar-refractivity contribution is 5.78. The van der Waals surface area contributed by atoms with Gasteiger partial charge in [0, 0.05) is 32.0 Å². The Kier molecular flexibility index (Phi) is 7.00. The molecular formula is C23H33N5O2. The molecule has 7 heteroatoms. The van der Waals surface area contributed by atoms with Gasteiger partial charge in [0.15, 0.2) is 0 Å². The summed E-state index contributed by atoms with van der Waals surface area (Å²) in [7, 11) is 0. The highest BCUT2D eigenvalue weighted by Gasteiger charge is 2.28. The van der Waals surface area contributed by atoms with Crippen LogP contribution in [0.5, 0.6) is 5.75 Å². The number of fused-ring (bicyclic) bond motifs is 1. The Bertz CT molecular complexity index is 850. The van der Waals surface area contributed by atoms with E-state index < -0.39 is 0 Å². The molecule has 162 valence electrons. The molecule has 1 fully saturated rings. The number of aryl methyl sites for hydroxylation is 1. The third kappa shape index (κ3) is 5.19. The van der Waals surface area contributed by atoms with Gasteiger partial charge in [0.1, 0.15) is 17.4 Å². The SMILES string of the molecule is CCOc1cccc(CNC(=O)CN2CCCC(c3nnc4n3CCCCC4)C2)c1. The standard InChI is InChI=1S/C23H33N5O2/c1-2-30-20-10-6-8-18(14-20)15-24-22(29)17-27-12-7-9-19(16-27)23-26-25-21-11-4-3-5-13-28(21)23/h6,8,10,14,19H,2-5,7,9,11-13,15-17H2,1H3,(H,24,29). The Hall–Kier alpha value is -2.41. The summed E-state index contributed by atoms with van der Waals surface area (Å²) in [5.74, 6) is 3.55. The molecule has 2 aliphatic heterocycles. The van der Waals surface area contributed by atoms with Crippen LogP contribution in [-0.4, -0.2) is 51.8 Å². The molecular weight excluding hydrogens is 378 g/mol. The molecule has 1 aromatic carbocycles.